The summed E-state index contributed by atoms with van der Waals surface area (Å²) in [7, 11) is 0. The second-order valence-corrected chi connectivity index (χ2v) is 5.29. The van der Waals surface area contributed by atoms with Gasteiger partial charge in [0.25, 0.3) is 0 Å². The van der Waals surface area contributed by atoms with Gasteiger partial charge < -0.3 is 10.6 Å². The number of hydrogen-bond acceptors (Lipinski definition) is 2. The molecule has 3 N–H and O–H groups in total. The number of benzene rings is 2. The lowest BCUT2D eigenvalue weighted by molar-refractivity contribution is 0.262. The van der Waals surface area contributed by atoms with Gasteiger partial charge >= 0.3 is 6.03 Å². The van der Waals surface area contributed by atoms with Crippen LogP contribution in [0.3, 0.4) is 0 Å². The molecule has 0 bridgehead atoms. The van der Waals surface area contributed by atoms with Gasteiger partial charge in [-0.05, 0) is 43.3 Å². The van der Waals surface area contributed by atoms with Crippen molar-refractivity contribution in [1.29, 1.82) is 0 Å². The van der Waals surface area contributed by atoms with E-state index in [1.807, 2.05) is 0 Å². The van der Waals surface area contributed by atoms with Crippen molar-refractivity contribution in [2.75, 3.05) is 10.6 Å². The number of amides is 2. The van der Waals surface area contributed by atoms with Crippen molar-refractivity contribution in [3.8, 4) is 11.3 Å². The van der Waals surface area contributed by atoms with E-state index in [0.29, 0.717) is 22.6 Å². The number of nitrogens with one attached hydrogen (secondary N) is 3. The quantitative estimate of drug-likeness (QED) is 0.656. The molecule has 0 aliphatic carbocycles. The second kappa shape index (κ2) is 6.68. The van der Waals surface area contributed by atoms with Crippen molar-refractivity contribution < 1.29 is 18.0 Å². The molecule has 0 spiro atoms. The first-order valence-corrected chi connectivity index (χ1v) is 7.28. The number of carbonyl (C=O) groups excluding carboxylic acids is 1. The zero-order valence-corrected chi connectivity index (χ0v) is 13.0. The molecule has 3 aromatic rings. The van der Waals surface area contributed by atoms with Gasteiger partial charge in [0.05, 0.1) is 11.4 Å². The maximum atomic E-state index is 13.2. The van der Waals surface area contributed by atoms with Crippen molar-refractivity contribution in [3.05, 3.63) is 65.6 Å². The second-order valence-electron chi connectivity index (χ2n) is 5.29. The first-order chi connectivity index (χ1) is 11.9. The van der Waals surface area contributed by atoms with E-state index in [1.54, 1.807) is 6.92 Å². The van der Waals surface area contributed by atoms with Gasteiger partial charge in [-0.2, -0.15) is 5.10 Å². The summed E-state index contributed by atoms with van der Waals surface area (Å²) in [6.45, 7) is 1.70. The Labute approximate surface area is 140 Å². The summed E-state index contributed by atoms with van der Waals surface area (Å²) < 4.78 is 39.2. The van der Waals surface area contributed by atoms with Crippen LogP contribution in [0, 0.1) is 24.4 Å². The molecule has 0 saturated heterocycles. The predicted molar refractivity (Wildman–Crippen MR) is 87.7 cm³/mol. The van der Waals surface area contributed by atoms with Crippen molar-refractivity contribution in [1.82, 2.24) is 10.2 Å². The maximum absolute atomic E-state index is 13.2. The number of halogens is 3. The van der Waals surface area contributed by atoms with E-state index in [1.165, 1.54) is 30.3 Å². The highest BCUT2D eigenvalue weighted by atomic mass is 19.2. The molecular weight excluding hydrogens is 333 g/mol. The Hall–Kier alpha value is -3.29. The highest BCUT2D eigenvalue weighted by Gasteiger charge is 2.15. The van der Waals surface area contributed by atoms with Gasteiger partial charge in [0.1, 0.15) is 11.5 Å². The van der Waals surface area contributed by atoms with E-state index in [9.17, 15) is 18.0 Å². The van der Waals surface area contributed by atoms with Gasteiger partial charge in [-0.3, -0.25) is 5.10 Å². The Balaban J connectivity index is 1.80. The fourth-order valence-corrected chi connectivity index (χ4v) is 2.25. The van der Waals surface area contributed by atoms with Crippen LogP contribution in [-0.4, -0.2) is 16.2 Å². The molecule has 5 nitrogen and oxygen atoms in total. The van der Waals surface area contributed by atoms with Gasteiger partial charge in [-0.25, -0.2) is 18.0 Å². The minimum Gasteiger partial charge on any atom is -0.308 e. The van der Waals surface area contributed by atoms with Gasteiger partial charge in [0.15, 0.2) is 11.6 Å². The van der Waals surface area contributed by atoms with Crippen LogP contribution in [0.15, 0.2) is 42.5 Å². The lowest BCUT2D eigenvalue weighted by Crippen LogP contribution is -2.20. The van der Waals surface area contributed by atoms with E-state index in [2.05, 4.69) is 20.8 Å². The average molecular weight is 346 g/mol. The third-order valence-corrected chi connectivity index (χ3v) is 3.48. The van der Waals surface area contributed by atoms with Crippen molar-refractivity contribution >= 4 is 17.4 Å². The standard InChI is InChI=1S/C17H13F3N4O/c1-9-15(16(24-23-9)10-2-4-11(18)5-3-10)22-17(25)21-12-6-7-13(19)14(20)8-12/h2-8H,1H3,(H,23,24)(H2,21,22,25). The zero-order valence-electron chi connectivity index (χ0n) is 13.0. The molecule has 1 heterocycles. The van der Waals surface area contributed by atoms with Crippen LogP contribution in [0.1, 0.15) is 5.69 Å². The topological polar surface area (TPSA) is 69.8 Å². The minimum atomic E-state index is -1.07. The van der Waals surface area contributed by atoms with E-state index < -0.39 is 17.7 Å². The Morgan fingerprint density at radius 1 is 1.00 bits per heavy atom. The number of aromatic nitrogens is 2. The molecule has 0 atom stereocenters. The smallest absolute Gasteiger partial charge is 0.308 e. The highest BCUT2D eigenvalue weighted by Crippen LogP contribution is 2.28. The summed E-state index contributed by atoms with van der Waals surface area (Å²) in [4.78, 5) is 12.1. The van der Waals surface area contributed by atoms with Crippen LogP contribution in [0.25, 0.3) is 11.3 Å². The number of nitrogens with zero attached hydrogens (tertiary/aromatic N) is 1. The van der Waals surface area contributed by atoms with Crippen molar-refractivity contribution in [2.45, 2.75) is 6.92 Å². The van der Waals surface area contributed by atoms with Crippen molar-refractivity contribution in [3.63, 3.8) is 0 Å². The lowest BCUT2D eigenvalue weighted by atomic mass is 10.1. The van der Waals surface area contributed by atoms with Crippen LogP contribution in [0.5, 0.6) is 0 Å². The molecule has 25 heavy (non-hydrogen) atoms. The summed E-state index contributed by atoms with van der Waals surface area (Å²) in [5.41, 5.74) is 2.11. The number of hydrogen-bond donors (Lipinski definition) is 3. The van der Waals surface area contributed by atoms with Gasteiger partial charge in [0.2, 0.25) is 0 Å². The Kier molecular flexibility index (Phi) is 4.42. The molecule has 0 aliphatic rings. The van der Waals surface area contributed by atoms with Gasteiger partial charge in [-0.1, -0.05) is 0 Å². The van der Waals surface area contributed by atoms with E-state index in [-0.39, 0.29) is 11.5 Å². The third kappa shape index (κ3) is 3.63. The summed E-state index contributed by atoms with van der Waals surface area (Å²) >= 11 is 0. The van der Waals surface area contributed by atoms with E-state index in [4.69, 9.17) is 0 Å². The predicted octanol–water partition coefficient (Wildman–Crippen LogP) is 4.45. The zero-order chi connectivity index (χ0) is 18.0. The molecule has 8 heteroatoms. The number of aromatic amines is 1. The molecule has 2 aromatic carbocycles. The SMILES string of the molecule is Cc1[nH]nc(-c2ccc(F)cc2)c1NC(=O)Nc1ccc(F)c(F)c1. The fourth-order valence-electron chi connectivity index (χ4n) is 2.25. The summed E-state index contributed by atoms with van der Waals surface area (Å²) in [5.74, 6) is -2.46. The molecular formula is C17H13F3N4O. The maximum Gasteiger partial charge on any atom is 0.323 e. The fraction of sp³-hybridized carbons (Fsp3) is 0.0588. The first kappa shape index (κ1) is 16.6. The lowest BCUT2D eigenvalue weighted by Gasteiger charge is -2.09. The number of carbonyl (C=O) groups is 1. The molecule has 1 aromatic heterocycles. The number of aryl methyl sites for hydroxylation is 1. The summed E-state index contributed by atoms with van der Waals surface area (Å²) in [6.07, 6.45) is 0. The first-order valence-electron chi connectivity index (χ1n) is 7.28. The van der Waals surface area contributed by atoms with Gasteiger partial charge in [0, 0.05) is 17.3 Å². The normalized spacial score (nSPS) is 10.6. The monoisotopic (exact) mass is 346 g/mol. The summed E-state index contributed by atoms with van der Waals surface area (Å²) in [5, 5.41) is 11.8. The van der Waals surface area contributed by atoms with Crippen LogP contribution in [0.2, 0.25) is 0 Å². The number of H-pyrrole nitrogens is 1. The third-order valence-electron chi connectivity index (χ3n) is 3.48. The number of urea groups is 1. The molecule has 0 unspecified atom stereocenters. The molecule has 2 amide bonds. The van der Waals surface area contributed by atoms with Crippen LogP contribution in [0.4, 0.5) is 29.3 Å². The molecule has 0 radical (unpaired) electrons. The van der Waals surface area contributed by atoms with Crippen molar-refractivity contribution in [2.24, 2.45) is 0 Å². The Bertz CT molecular complexity index is 922. The molecule has 128 valence electrons. The highest BCUT2D eigenvalue weighted by molar-refractivity contribution is 6.02. The van der Waals surface area contributed by atoms with E-state index >= 15 is 0 Å². The number of anilines is 2. The molecule has 0 fully saturated rings. The Morgan fingerprint density at radius 3 is 2.40 bits per heavy atom. The molecule has 3 rings (SSSR count). The van der Waals surface area contributed by atoms with Crippen LogP contribution in [-0.2, 0) is 0 Å². The largest absolute Gasteiger partial charge is 0.323 e. The average Bonchev–Trinajstić information content (AvgIpc) is 2.93. The summed E-state index contributed by atoms with van der Waals surface area (Å²) in [6, 6.07) is 8.00. The Morgan fingerprint density at radius 2 is 1.72 bits per heavy atom. The van der Waals surface area contributed by atoms with Crippen LogP contribution < -0.4 is 10.6 Å². The molecule has 0 saturated carbocycles. The minimum absolute atomic E-state index is 0.0980. The van der Waals surface area contributed by atoms with E-state index in [0.717, 1.165) is 12.1 Å². The van der Waals surface area contributed by atoms with Crippen LogP contribution >= 0.6 is 0 Å². The van der Waals surface area contributed by atoms with Gasteiger partial charge in [-0.15, -0.1) is 0 Å². The molecule has 0 aliphatic heterocycles. The number of rotatable bonds is 3.